The van der Waals surface area contributed by atoms with Crippen molar-refractivity contribution < 1.29 is 4.79 Å². The van der Waals surface area contributed by atoms with Crippen molar-refractivity contribution in [3.05, 3.63) is 88.3 Å². The second-order valence-electron chi connectivity index (χ2n) is 6.31. The number of hydrogen-bond donors (Lipinski definition) is 1. The smallest absolute Gasteiger partial charge is 0.258 e. The van der Waals surface area contributed by atoms with E-state index in [-0.39, 0.29) is 11.5 Å². The monoisotopic (exact) mass is 439 g/mol. The van der Waals surface area contributed by atoms with Gasteiger partial charge in [0.05, 0.1) is 26.8 Å². The predicted molar refractivity (Wildman–Crippen MR) is 119 cm³/mol. The van der Waals surface area contributed by atoms with Gasteiger partial charge in [0, 0.05) is 33.8 Å². The van der Waals surface area contributed by atoms with Gasteiger partial charge >= 0.3 is 0 Å². The minimum atomic E-state index is -0.376. The zero-order valence-electron chi connectivity index (χ0n) is 15.3. The second kappa shape index (κ2) is 8.41. The molecular weight excluding hydrogens is 425 g/mol. The zero-order chi connectivity index (χ0) is 20.4. The van der Waals surface area contributed by atoms with Gasteiger partial charge in [0.2, 0.25) is 0 Å². The Hall–Kier alpha value is -2.60. The van der Waals surface area contributed by atoms with Crippen molar-refractivity contribution in [1.29, 1.82) is 0 Å². The van der Waals surface area contributed by atoms with Gasteiger partial charge in [-0.1, -0.05) is 53.2 Å². The quantitative estimate of drug-likeness (QED) is 0.386. The highest BCUT2D eigenvalue weighted by atomic mass is 35.5. The number of fused-ring (bicyclic) bond motifs is 1. The van der Waals surface area contributed by atoms with Gasteiger partial charge in [0.25, 0.3) is 5.91 Å². The molecule has 0 atom stereocenters. The van der Waals surface area contributed by atoms with Crippen molar-refractivity contribution in [3.8, 4) is 0 Å². The van der Waals surface area contributed by atoms with Gasteiger partial charge < -0.3 is 5.32 Å². The van der Waals surface area contributed by atoms with E-state index in [9.17, 15) is 4.79 Å². The Morgan fingerprint density at radius 1 is 1.00 bits per heavy atom. The van der Waals surface area contributed by atoms with Gasteiger partial charge in [-0.25, -0.2) is 0 Å². The van der Waals surface area contributed by atoms with Gasteiger partial charge in [-0.15, -0.1) is 0 Å². The summed E-state index contributed by atoms with van der Waals surface area (Å²) in [5, 5.41) is 4.46. The van der Waals surface area contributed by atoms with Gasteiger partial charge in [-0.05, 0) is 42.8 Å². The molecule has 1 amide bonds. The van der Waals surface area contributed by atoms with E-state index in [0.29, 0.717) is 21.2 Å². The number of halogens is 2. The molecule has 4 nitrogen and oxygen atoms in total. The fourth-order valence-corrected chi connectivity index (χ4v) is 4.51. The number of nitrogens with one attached hydrogen (secondary N) is 1. The number of para-hydroxylation sites is 1. The molecule has 0 aliphatic rings. The molecule has 7 heteroatoms. The summed E-state index contributed by atoms with van der Waals surface area (Å²) in [5.41, 5.74) is 2.59. The molecule has 0 aliphatic carbocycles. The molecular formula is C22H15Cl2N3OS. The number of rotatable bonds is 4. The minimum Gasteiger partial charge on any atom is -0.320 e. The Bertz CT molecular complexity index is 1200. The summed E-state index contributed by atoms with van der Waals surface area (Å²) in [6.07, 6.45) is 5.34. The van der Waals surface area contributed by atoms with Crippen LogP contribution in [-0.2, 0) is 0 Å². The molecule has 0 saturated heterocycles. The van der Waals surface area contributed by atoms with E-state index in [4.69, 9.17) is 23.2 Å². The Labute approximate surface area is 182 Å². The Morgan fingerprint density at radius 2 is 1.69 bits per heavy atom. The highest BCUT2D eigenvalue weighted by Gasteiger charge is 2.17. The SMILES string of the molecule is Cc1cnc2c(NC(=O)c3c(Cl)cccc3Cl)cccc2c1Sc1ccncc1. The van der Waals surface area contributed by atoms with E-state index in [1.54, 1.807) is 42.4 Å². The van der Waals surface area contributed by atoms with Crippen LogP contribution in [0.3, 0.4) is 0 Å². The largest absolute Gasteiger partial charge is 0.320 e. The Balaban J connectivity index is 1.75. The molecule has 2 aromatic carbocycles. The van der Waals surface area contributed by atoms with Crippen molar-refractivity contribution in [3.63, 3.8) is 0 Å². The van der Waals surface area contributed by atoms with E-state index in [1.165, 1.54) is 0 Å². The Morgan fingerprint density at radius 3 is 2.41 bits per heavy atom. The molecule has 1 N–H and O–H groups in total. The molecule has 0 bridgehead atoms. The standard InChI is InChI=1S/C22H15Cl2N3OS/c1-13-12-26-20-15(21(13)29-14-8-10-25-11-9-14)4-2-7-18(20)27-22(28)19-16(23)5-3-6-17(19)24/h2-12H,1H3,(H,27,28). The van der Waals surface area contributed by atoms with E-state index in [0.717, 1.165) is 20.7 Å². The first-order chi connectivity index (χ1) is 14.0. The molecule has 0 fully saturated rings. The number of aromatic nitrogens is 2. The lowest BCUT2D eigenvalue weighted by molar-refractivity contribution is 0.102. The second-order valence-corrected chi connectivity index (χ2v) is 8.21. The average molecular weight is 440 g/mol. The van der Waals surface area contributed by atoms with Crippen LogP contribution in [0.15, 0.2) is 76.9 Å². The molecule has 2 heterocycles. The summed E-state index contributed by atoms with van der Waals surface area (Å²) in [7, 11) is 0. The normalized spacial score (nSPS) is 10.9. The summed E-state index contributed by atoms with van der Waals surface area (Å²) in [6, 6.07) is 14.6. The molecule has 0 aliphatic heterocycles. The number of carbonyl (C=O) groups is 1. The summed E-state index contributed by atoms with van der Waals surface area (Å²) in [6.45, 7) is 2.02. The van der Waals surface area contributed by atoms with Crippen molar-refractivity contribution in [2.75, 3.05) is 5.32 Å². The maximum Gasteiger partial charge on any atom is 0.258 e. The maximum absolute atomic E-state index is 12.8. The number of anilines is 1. The first kappa shape index (κ1) is 19.7. The average Bonchev–Trinajstić information content (AvgIpc) is 2.71. The highest BCUT2D eigenvalue weighted by molar-refractivity contribution is 7.99. The summed E-state index contributed by atoms with van der Waals surface area (Å²) >= 11 is 14.0. The molecule has 2 aromatic heterocycles. The first-order valence-corrected chi connectivity index (χ1v) is 10.3. The predicted octanol–water partition coefficient (Wildman–Crippen LogP) is 6.65. The lowest BCUT2D eigenvalue weighted by Gasteiger charge is -2.13. The van der Waals surface area contributed by atoms with Crippen LogP contribution in [0, 0.1) is 6.92 Å². The number of benzene rings is 2. The van der Waals surface area contributed by atoms with Crippen LogP contribution in [0.5, 0.6) is 0 Å². The van der Waals surface area contributed by atoms with E-state index >= 15 is 0 Å². The number of carbonyl (C=O) groups excluding carboxylic acids is 1. The number of nitrogens with zero attached hydrogens (tertiary/aromatic N) is 2. The number of aryl methyl sites for hydroxylation is 1. The number of hydrogen-bond acceptors (Lipinski definition) is 4. The van der Waals surface area contributed by atoms with Crippen LogP contribution in [0.2, 0.25) is 10.0 Å². The molecule has 0 spiro atoms. The van der Waals surface area contributed by atoms with Crippen LogP contribution in [0.25, 0.3) is 10.9 Å². The highest BCUT2D eigenvalue weighted by Crippen LogP contribution is 2.37. The van der Waals surface area contributed by atoms with Crippen molar-refractivity contribution in [2.45, 2.75) is 16.7 Å². The topological polar surface area (TPSA) is 54.9 Å². The third-order valence-electron chi connectivity index (χ3n) is 4.33. The first-order valence-electron chi connectivity index (χ1n) is 8.76. The molecule has 0 radical (unpaired) electrons. The van der Waals surface area contributed by atoms with E-state index in [1.807, 2.05) is 43.5 Å². The van der Waals surface area contributed by atoms with E-state index < -0.39 is 0 Å². The van der Waals surface area contributed by atoms with Gasteiger partial charge in [0.1, 0.15) is 0 Å². The minimum absolute atomic E-state index is 0.242. The molecule has 0 saturated carbocycles. The van der Waals surface area contributed by atoms with E-state index in [2.05, 4.69) is 15.3 Å². The maximum atomic E-state index is 12.8. The van der Waals surface area contributed by atoms with Crippen molar-refractivity contribution in [1.82, 2.24) is 9.97 Å². The van der Waals surface area contributed by atoms with Crippen molar-refractivity contribution >= 4 is 57.5 Å². The lowest BCUT2D eigenvalue weighted by Crippen LogP contribution is -2.13. The van der Waals surface area contributed by atoms with Crippen LogP contribution in [0.1, 0.15) is 15.9 Å². The summed E-state index contributed by atoms with van der Waals surface area (Å²) < 4.78 is 0. The van der Waals surface area contributed by atoms with Crippen LogP contribution in [0.4, 0.5) is 5.69 Å². The molecule has 0 unspecified atom stereocenters. The molecule has 144 valence electrons. The van der Waals surface area contributed by atoms with Crippen LogP contribution < -0.4 is 5.32 Å². The van der Waals surface area contributed by atoms with Crippen molar-refractivity contribution in [2.24, 2.45) is 0 Å². The van der Waals surface area contributed by atoms with Crippen LogP contribution >= 0.6 is 35.0 Å². The number of pyridine rings is 2. The lowest BCUT2D eigenvalue weighted by atomic mass is 10.1. The molecule has 29 heavy (non-hydrogen) atoms. The number of amides is 1. The summed E-state index contributed by atoms with van der Waals surface area (Å²) in [4.78, 5) is 23.6. The Kier molecular flexibility index (Phi) is 5.72. The zero-order valence-corrected chi connectivity index (χ0v) is 17.6. The fourth-order valence-electron chi connectivity index (χ4n) is 2.96. The fraction of sp³-hybridized carbons (Fsp3) is 0.0455. The van der Waals surface area contributed by atoms with Gasteiger partial charge in [-0.2, -0.15) is 0 Å². The summed E-state index contributed by atoms with van der Waals surface area (Å²) in [5.74, 6) is -0.376. The van der Waals surface area contributed by atoms with Gasteiger partial charge in [-0.3, -0.25) is 14.8 Å². The molecule has 4 rings (SSSR count). The molecule has 4 aromatic rings. The van der Waals surface area contributed by atoms with Crippen LogP contribution in [-0.4, -0.2) is 15.9 Å². The third kappa shape index (κ3) is 4.08. The van der Waals surface area contributed by atoms with Gasteiger partial charge in [0.15, 0.2) is 0 Å². The third-order valence-corrected chi connectivity index (χ3v) is 6.22.